The summed E-state index contributed by atoms with van der Waals surface area (Å²) in [5.74, 6) is 0.846. The maximum atomic E-state index is 11.2. The Balaban J connectivity index is 2.16. The standard InChI is InChI=1S/C14H21N3O2/c1-10(18)11-4-5-14(15-7-11)17-9-13(19)6-12(17)8-16(2)3/h4-5,7,12-13,19H,6,8-9H2,1-3H3. The molecule has 0 radical (unpaired) electrons. The Morgan fingerprint density at radius 1 is 1.53 bits per heavy atom. The van der Waals surface area contributed by atoms with E-state index in [-0.39, 0.29) is 17.9 Å². The van der Waals surface area contributed by atoms with Crippen molar-refractivity contribution in [3.8, 4) is 0 Å². The third kappa shape index (κ3) is 3.30. The molecule has 5 nitrogen and oxygen atoms in total. The van der Waals surface area contributed by atoms with E-state index in [1.54, 1.807) is 12.3 Å². The van der Waals surface area contributed by atoms with E-state index in [0.717, 1.165) is 18.8 Å². The van der Waals surface area contributed by atoms with Crippen molar-refractivity contribution in [3.05, 3.63) is 23.9 Å². The van der Waals surface area contributed by atoms with Gasteiger partial charge in [-0.3, -0.25) is 4.79 Å². The Kier molecular flexibility index (Phi) is 4.17. The van der Waals surface area contributed by atoms with Gasteiger partial charge in [0.1, 0.15) is 5.82 Å². The average Bonchev–Trinajstić information content (AvgIpc) is 2.69. The predicted octanol–water partition coefficient (Wildman–Crippen LogP) is 0.785. The second-order valence-corrected chi connectivity index (χ2v) is 5.42. The molecule has 0 saturated carbocycles. The molecule has 0 aliphatic carbocycles. The van der Waals surface area contributed by atoms with E-state index in [1.165, 1.54) is 6.92 Å². The number of β-amino-alcohol motifs (C(OH)–C–C–N with tert-alkyl or cyclic N) is 1. The molecule has 1 saturated heterocycles. The number of hydrogen-bond donors (Lipinski definition) is 1. The average molecular weight is 263 g/mol. The van der Waals surface area contributed by atoms with Crippen LogP contribution in [0.25, 0.3) is 0 Å². The highest BCUT2D eigenvalue weighted by molar-refractivity contribution is 5.93. The molecule has 1 aromatic heterocycles. The van der Waals surface area contributed by atoms with Crippen LogP contribution in [0, 0.1) is 0 Å². The number of carbonyl (C=O) groups is 1. The van der Waals surface area contributed by atoms with Gasteiger partial charge < -0.3 is 14.9 Å². The van der Waals surface area contributed by atoms with Crippen LogP contribution in [0.15, 0.2) is 18.3 Å². The quantitative estimate of drug-likeness (QED) is 0.814. The lowest BCUT2D eigenvalue weighted by Crippen LogP contribution is -2.38. The van der Waals surface area contributed by atoms with Crippen LogP contribution in [0.5, 0.6) is 0 Å². The second kappa shape index (κ2) is 5.67. The van der Waals surface area contributed by atoms with Crippen LogP contribution < -0.4 is 4.90 Å². The Hall–Kier alpha value is -1.46. The van der Waals surface area contributed by atoms with Gasteiger partial charge in [-0.1, -0.05) is 0 Å². The summed E-state index contributed by atoms with van der Waals surface area (Å²) in [4.78, 5) is 19.8. The second-order valence-electron chi connectivity index (χ2n) is 5.42. The third-order valence-corrected chi connectivity index (χ3v) is 3.42. The minimum Gasteiger partial charge on any atom is -0.391 e. The molecule has 2 heterocycles. The number of carbonyl (C=O) groups excluding carboxylic acids is 1. The molecule has 0 amide bonds. The van der Waals surface area contributed by atoms with Gasteiger partial charge in [0, 0.05) is 30.9 Å². The molecule has 1 aromatic rings. The van der Waals surface area contributed by atoms with Crippen LogP contribution in [0.3, 0.4) is 0 Å². The minimum atomic E-state index is -0.306. The van der Waals surface area contributed by atoms with Gasteiger partial charge in [-0.05, 0) is 39.6 Å². The first-order chi connectivity index (χ1) is 8.97. The van der Waals surface area contributed by atoms with Gasteiger partial charge in [0.05, 0.1) is 6.10 Å². The number of rotatable bonds is 4. The fourth-order valence-electron chi connectivity index (χ4n) is 2.53. The van der Waals surface area contributed by atoms with E-state index >= 15 is 0 Å². The van der Waals surface area contributed by atoms with E-state index in [1.807, 2.05) is 20.2 Å². The van der Waals surface area contributed by atoms with E-state index < -0.39 is 0 Å². The number of aromatic nitrogens is 1. The van der Waals surface area contributed by atoms with Gasteiger partial charge in [-0.15, -0.1) is 0 Å². The summed E-state index contributed by atoms with van der Waals surface area (Å²) in [7, 11) is 4.05. The van der Waals surface area contributed by atoms with Crippen molar-refractivity contribution >= 4 is 11.6 Å². The zero-order valence-corrected chi connectivity index (χ0v) is 11.7. The highest BCUT2D eigenvalue weighted by Gasteiger charge is 2.31. The Morgan fingerprint density at radius 3 is 2.79 bits per heavy atom. The van der Waals surface area contributed by atoms with E-state index in [0.29, 0.717) is 12.1 Å². The summed E-state index contributed by atoms with van der Waals surface area (Å²) in [5.41, 5.74) is 0.618. The Morgan fingerprint density at radius 2 is 2.26 bits per heavy atom. The molecule has 104 valence electrons. The number of hydrogen-bond acceptors (Lipinski definition) is 5. The molecule has 1 fully saturated rings. The van der Waals surface area contributed by atoms with Crippen molar-refractivity contribution in [2.75, 3.05) is 32.1 Å². The fraction of sp³-hybridized carbons (Fsp3) is 0.571. The molecule has 1 N–H and O–H groups in total. The minimum absolute atomic E-state index is 0.0188. The zero-order chi connectivity index (χ0) is 14.0. The van der Waals surface area contributed by atoms with Gasteiger partial charge in [-0.25, -0.2) is 4.98 Å². The smallest absolute Gasteiger partial charge is 0.161 e. The maximum absolute atomic E-state index is 11.2. The Bertz CT molecular complexity index is 445. The monoisotopic (exact) mass is 263 g/mol. The van der Waals surface area contributed by atoms with Crippen molar-refractivity contribution in [1.29, 1.82) is 0 Å². The number of nitrogens with zero attached hydrogens (tertiary/aromatic N) is 3. The van der Waals surface area contributed by atoms with Crippen molar-refractivity contribution in [2.45, 2.75) is 25.5 Å². The van der Waals surface area contributed by atoms with Crippen molar-refractivity contribution in [3.63, 3.8) is 0 Å². The summed E-state index contributed by atoms with van der Waals surface area (Å²) in [6.07, 6.45) is 2.06. The maximum Gasteiger partial charge on any atom is 0.161 e. The van der Waals surface area contributed by atoms with Crippen LogP contribution in [-0.2, 0) is 0 Å². The molecular formula is C14H21N3O2. The van der Waals surface area contributed by atoms with Crippen LogP contribution in [0.1, 0.15) is 23.7 Å². The number of aliphatic hydroxyl groups is 1. The molecule has 0 bridgehead atoms. The van der Waals surface area contributed by atoms with E-state index in [9.17, 15) is 9.90 Å². The van der Waals surface area contributed by atoms with Crippen molar-refractivity contribution < 1.29 is 9.90 Å². The van der Waals surface area contributed by atoms with Gasteiger partial charge in [-0.2, -0.15) is 0 Å². The molecule has 0 aromatic carbocycles. The van der Waals surface area contributed by atoms with Gasteiger partial charge in [0.25, 0.3) is 0 Å². The summed E-state index contributed by atoms with van der Waals surface area (Å²) in [6, 6.07) is 3.92. The van der Waals surface area contributed by atoms with Gasteiger partial charge in [0.2, 0.25) is 0 Å². The van der Waals surface area contributed by atoms with Crippen molar-refractivity contribution in [2.24, 2.45) is 0 Å². The first-order valence-corrected chi connectivity index (χ1v) is 6.54. The summed E-state index contributed by atoms with van der Waals surface area (Å²) in [6.45, 7) is 3.02. The van der Waals surface area contributed by atoms with Crippen LogP contribution in [-0.4, -0.2) is 60.1 Å². The lowest BCUT2D eigenvalue weighted by atomic mass is 10.2. The SMILES string of the molecule is CC(=O)c1ccc(N2CC(O)CC2CN(C)C)nc1. The third-order valence-electron chi connectivity index (χ3n) is 3.42. The first kappa shape index (κ1) is 14.0. The number of pyridine rings is 1. The fourth-order valence-corrected chi connectivity index (χ4v) is 2.53. The normalized spacial score (nSPS) is 23.1. The molecule has 1 aliphatic heterocycles. The number of likely N-dealkylation sites (N-methyl/N-ethyl adjacent to an activating group) is 1. The topological polar surface area (TPSA) is 56.7 Å². The lowest BCUT2D eigenvalue weighted by Gasteiger charge is -2.27. The van der Waals surface area contributed by atoms with Crippen LogP contribution in [0.2, 0.25) is 0 Å². The highest BCUT2D eigenvalue weighted by Crippen LogP contribution is 2.24. The highest BCUT2D eigenvalue weighted by atomic mass is 16.3. The number of ketones is 1. The summed E-state index contributed by atoms with van der Waals surface area (Å²) in [5, 5.41) is 9.84. The van der Waals surface area contributed by atoms with E-state index in [2.05, 4.69) is 14.8 Å². The molecule has 0 spiro atoms. The van der Waals surface area contributed by atoms with Gasteiger partial charge >= 0.3 is 0 Å². The zero-order valence-electron chi connectivity index (χ0n) is 11.7. The number of anilines is 1. The molecule has 1 aliphatic rings. The summed E-state index contributed by atoms with van der Waals surface area (Å²) < 4.78 is 0. The molecule has 2 atom stereocenters. The molecule has 5 heteroatoms. The molecular weight excluding hydrogens is 242 g/mol. The molecule has 2 rings (SSSR count). The largest absolute Gasteiger partial charge is 0.391 e. The summed E-state index contributed by atoms with van der Waals surface area (Å²) >= 11 is 0. The predicted molar refractivity (Wildman–Crippen MR) is 74.6 cm³/mol. The molecule has 2 unspecified atom stereocenters. The lowest BCUT2D eigenvalue weighted by molar-refractivity contribution is 0.101. The van der Waals surface area contributed by atoms with Gasteiger partial charge in [0.15, 0.2) is 5.78 Å². The first-order valence-electron chi connectivity index (χ1n) is 6.54. The Labute approximate surface area is 113 Å². The molecule has 19 heavy (non-hydrogen) atoms. The number of Topliss-reactive ketones (excluding diaryl/α,β-unsaturated/α-hetero) is 1. The van der Waals surface area contributed by atoms with Crippen molar-refractivity contribution in [1.82, 2.24) is 9.88 Å². The van der Waals surface area contributed by atoms with Crippen LogP contribution in [0.4, 0.5) is 5.82 Å². The van der Waals surface area contributed by atoms with E-state index in [4.69, 9.17) is 0 Å². The van der Waals surface area contributed by atoms with Crippen LogP contribution >= 0.6 is 0 Å². The number of aliphatic hydroxyl groups excluding tert-OH is 1.